The maximum Gasteiger partial charge on any atom is 0.262 e. The minimum Gasteiger partial charge on any atom is -0.315 e. The van der Waals surface area contributed by atoms with Gasteiger partial charge in [-0.15, -0.1) is 0 Å². The standard InChI is InChI=1S/C21H25FN4O4/c22-7-9-25(14-2-1-8-23-11-14)12-13-3-4-15-16(10-13)21(30)26(20(15)29)17-5-6-18(27)24-19(17)28/h3-4,10,14,17,23H,1-2,5-9,11-12H2,(H,24,27,28). The molecule has 2 unspecified atom stereocenters. The number of fused-ring (bicyclic) bond motifs is 1. The highest BCUT2D eigenvalue weighted by Gasteiger charge is 2.44. The first-order valence-corrected chi connectivity index (χ1v) is 10.3. The molecule has 0 spiro atoms. The number of nitrogens with zero attached hydrogens (tertiary/aromatic N) is 2. The molecule has 160 valence electrons. The van der Waals surface area contributed by atoms with E-state index in [9.17, 15) is 23.6 Å². The highest BCUT2D eigenvalue weighted by atomic mass is 19.1. The Hall–Kier alpha value is -2.65. The fourth-order valence-corrected chi connectivity index (χ4v) is 4.50. The van der Waals surface area contributed by atoms with Gasteiger partial charge in [0.25, 0.3) is 11.8 Å². The first-order chi connectivity index (χ1) is 14.5. The predicted molar refractivity (Wildman–Crippen MR) is 105 cm³/mol. The molecule has 8 nitrogen and oxygen atoms in total. The van der Waals surface area contributed by atoms with Crippen LogP contribution in [-0.4, -0.2) is 71.8 Å². The number of carbonyl (C=O) groups is 4. The molecule has 2 fully saturated rings. The highest BCUT2D eigenvalue weighted by Crippen LogP contribution is 2.29. The van der Waals surface area contributed by atoms with Crippen molar-refractivity contribution in [2.75, 3.05) is 26.3 Å². The summed E-state index contributed by atoms with van der Waals surface area (Å²) in [5.41, 5.74) is 1.33. The van der Waals surface area contributed by atoms with Crippen molar-refractivity contribution in [2.45, 2.75) is 44.3 Å². The van der Waals surface area contributed by atoms with Gasteiger partial charge in [0, 0.05) is 32.1 Å². The smallest absolute Gasteiger partial charge is 0.262 e. The third kappa shape index (κ3) is 3.87. The van der Waals surface area contributed by atoms with Crippen LogP contribution < -0.4 is 10.6 Å². The van der Waals surface area contributed by atoms with Crippen molar-refractivity contribution in [1.29, 1.82) is 0 Å². The minimum atomic E-state index is -0.977. The molecule has 4 amide bonds. The van der Waals surface area contributed by atoms with E-state index in [0.29, 0.717) is 13.1 Å². The number of piperidine rings is 2. The first-order valence-electron chi connectivity index (χ1n) is 10.3. The van der Waals surface area contributed by atoms with E-state index in [2.05, 4.69) is 15.5 Å². The number of carbonyl (C=O) groups excluding carboxylic acids is 4. The first kappa shape index (κ1) is 20.6. The molecule has 0 aromatic heterocycles. The summed E-state index contributed by atoms with van der Waals surface area (Å²) >= 11 is 0. The molecule has 4 rings (SSSR count). The Morgan fingerprint density at radius 2 is 1.90 bits per heavy atom. The molecule has 3 aliphatic heterocycles. The Morgan fingerprint density at radius 1 is 1.10 bits per heavy atom. The van der Waals surface area contributed by atoms with Crippen LogP contribution in [0.25, 0.3) is 0 Å². The van der Waals surface area contributed by atoms with Gasteiger partial charge in [0.15, 0.2) is 0 Å². The van der Waals surface area contributed by atoms with Crippen molar-refractivity contribution in [3.63, 3.8) is 0 Å². The minimum absolute atomic E-state index is 0.0860. The van der Waals surface area contributed by atoms with E-state index in [1.54, 1.807) is 18.2 Å². The van der Waals surface area contributed by atoms with Crippen LogP contribution in [0.5, 0.6) is 0 Å². The maximum absolute atomic E-state index is 13.1. The maximum atomic E-state index is 13.1. The summed E-state index contributed by atoms with van der Waals surface area (Å²) in [5.74, 6) is -2.07. The molecule has 0 radical (unpaired) electrons. The summed E-state index contributed by atoms with van der Waals surface area (Å²) in [4.78, 5) is 52.3. The molecular weight excluding hydrogens is 391 g/mol. The van der Waals surface area contributed by atoms with Gasteiger partial charge in [0.1, 0.15) is 12.7 Å². The van der Waals surface area contributed by atoms with Crippen LogP contribution >= 0.6 is 0 Å². The van der Waals surface area contributed by atoms with Gasteiger partial charge in [-0.05, 0) is 43.5 Å². The number of benzene rings is 1. The van der Waals surface area contributed by atoms with Gasteiger partial charge >= 0.3 is 0 Å². The van der Waals surface area contributed by atoms with Crippen LogP contribution in [0.1, 0.15) is 52.0 Å². The Morgan fingerprint density at radius 3 is 2.60 bits per heavy atom. The molecule has 3 aliphatic rings. The second-order valence-electron chi connectivity index (χ2n) is 7.99. The van der Waals surface area contributed by atoms with E-state index in [1.807, 2.05) is 0 Å². The van der Waals surface area contributed by atoms with E-state index in [-0.39, 0.29) is 30.0 Å². The summed E-state index contributed by atoms with van der Waals surface area (Å²) in [6.07, 6.45) is 2.23. The lowest BCUT2D eigenvalue weighted by atomic mass is 10.0. The average molecular weight is 416 g/mol. The van der Waals surface area contributed by atoms with Gasteiger partial charge in [-0.3, -0.25) is 34.3 Å². The van der Waals surface area contributed by atoms with E-state index >= 15 is 0 Å². The quantitative estimate of drug-likeness (QED) is 0.660. The molecule has 0 bridgehead atoms. The second-order valence-corrected chi connectivity index (χ2v) is 7.99. The highest BCUT2D eigenvalue weighted by molar-refractivity contribution is 6.23. The SMILES string of the molecule is O=C1CCC(N2C(=O)c3ccc(CN(CCF)C4CCCNC4)cc3C2=O)C(=O)N1. The van der Waals surface area contributed by atoms with Crippen LogP contribution in [0.4, 0.5) is 4.39 Å². The van der Waals surface area contributed by atoms with Crippen molar-refractivity contribution in [1.82, 2.24) is 20.4 Å². The second kappa shape index (κ2) is 8.61. The van der Waals surface area contributed by atoms with E-state index in [1.165, 1.54) is 0 Å². The molecule has 0 saturated carbocycles. The Kier molecular flexibility index (Phi) is 5.92. The molecule has 0 aliphatic carbocycles. The van der Waals surface area contributed by atoms with Crippen molar-refractivity contribution < 1.29 is 23.6 Å². The molecule has 1 aromatic rings. The summed E-state index contributed by atoms with van der Waals surface area (Å²) in [6.45, 7) is 2.08. The lowest BCUT2D eigenvalue weighted by molar-refractivity contribution is -0.136. The predicted octanol–water partition coefficient (Wildman–Crippen LogP) is 0.611. The number of rotatable bonds is 6. The number of imide groups is 2. The lowest BCUT2D eigenvalue weighted by Gasteiger charge is -2.34. The van der Waals surface area contributed by atoms with Gasteiger partial charge in [0.2, 0.25) is 11.8 Å². The molecule has 2 N–H and O–H groups in total. The summed E-state index contributed by atoms with van der Waals surface area (Å²) in [6, 6.07) is 4.29. The number of hydrogen-bond acceptors (Lipinski definition) is 6. The monoisotopic (exact) mass is 416 g/mol. The van der Waals surface area contributed by atoms with Crippen LogP contribution in [0, 0.1) is 0 Å². The van der Waals surface area contributed by atoms with Crippen LogP contribution in [-0.2, 0) is 16.1 Å². The fraction of sp³-hybridized carbons (Fsp3) is 0.524. The molecule has 30 heavy (non-hydrogen) atoms. The molecule has 3 heterocycles. The van der Waals surface area contributed by atoms with Gasteiger partial charge in [-0.2, -0.15) is 0 Å². The van der Waals surface area contributed by atoms with Gasteiger partial charge in [0.05, 0.1) is 11.1 Å². The number of hydrogen-bond donors (Lipinski definition) is 2. The normalized spacial score (nSPS) is 24.4. The van der Waals surface area contributed by atoms with Crippen LogP contribution in [0.15, 0.2) is 18.2 Å². The summed E-state index contributed by atoms with van der Waals surface area (Å²) < 4.78 is 13.1. The largest absolute Gasteiger partial charge is 0.315 e. The third-order valence-corrected chi connectivity index (χ3v) is 6.05. The van der Waals surface area contributed by atoms with E-state index in [4.69, 9.17) is 0 Å². The fourth-order valence-electron chi connectivity index (χ4n) is 4.50. The average Bonchev–Trinajstić information content (AvgIpc) is 2.99. The Balaban J connectivity index is 1.54. The van der Waals surface area contributed by atoms with Crippen molar-refractivity contribution >= 4 is 23.6 Å². The third-order valence-electron chi connectivity index (χ3n) is 6.05. The lowest BCUT2D eigenvalue weighted by Crippen LogP contribution is -2.54. The van der Waals surface area contributed by atoms with Gasteiger partial charge in [-0.25, -0.2) is 4.39 Å². The van der Waals surface area contributed by atoms with Crippen molar-refractivity contribution in [3.8, 4) is 0 Å². The number of halogens is 1. The molecule has 2 atom stereocenters. The molecule has 1 aromatic carbocycles. The molecular formula is C21H25FN4O4. The van der Waals surface area contributed by atoms with Crippen molar-refractivity contribution in [2.24, 2.45) is 0 Å². The zero-order chi connectivity index (χ0) is 21.3. The summed E-state index contributed by atoms with van der Waals surface area (Å²) in [7, 11) is 0. The summed E-state index contributed by atoms with van der Waals surface area (Å²) in [5, 5.41) is 5.52. The van der Waals surface area contributed by atoms with E-state index < -0.39 is 36.3 Å². The van der Waals surface area contributed by atoms with Crippen molar-refractivity contribution in [3.05, 3.63) is 34.9 Å². The number of amides is 4. The topological polar surface area (TPSA) is 98.8 Å². The number of nitrogens with one attached hydrogen (secondary N) is 2. The molecule has 2 saturated heterocycles. The van der Waals surface area contributed by atoms with Gasteiger partial charge in [-0.1, -0.05) is 6.07 Å². The van der Waals surface area contributed by atoms with Gasteiger partial charge < -0.3 is 5.32 Å². The van der Waals surface area contributed by atoms with Crippen LogP contribution in [0.2, 0.25) is 0 Å². The zero-order valence-electron chi connectivity index (χ0n) is 16.7. The van der Waals surface area contributed by atoms with E-state index in [0.717, 1.165) is 36.4 Å². The Labute approximate surface area is 173 Å². The van der Waals surface area contributed by atoms with Crippen LogP contribution in [0.3, 0.4) is 0 Å². The number of alkyl halides is 1. The molecule has 9 heteroatoms. The zero-order valence-corrected chi connectivity index (χ0v) is 16.7. The Bertz CT molecular complexity index is 884.